The zero-order valence-corrected chi connectivity index (χ0v) is 12.5. The normalized spacial score (nSPS) is 11.7. The molecule has 2 N–H and O–H groups in total. The maximum absolute atomic E-state index is 12.1. The van der Waals surface area contributed by atoms with Crippen molar-refractivity contribution < 1.29 is 18.3 Å². The van der Waals surface area contributed by atoms with E-state index >= 15 is 0 Å². The van der Waals surface area contributed by atoms with Crippen molar-refractivity contribution >= 4 is 39.2 Å². The van der Waals surface area contributed by atoms with Gasteiger partial charge in [-0.05, 0) is 30.7 Å². The molecule has 0 saturated heterocycles. The molecule has 0 amide bonds. The van der Waals surface area contributed by atoms with Crippen LogP contribution in [0.3, 0.4) is 0 Å². The van der Waals surface area contributed by atoms with Crippen molar-refractivity contribution in [2.24, 2.45) is 0 Å². The summed E-state index contributed by atoms with van der Waals surface area (Å²) >= 11 is 1.05. The van der Waals surface area contributed by atoms with E-state index in [4.69, 9.17) is 5.11 Å². The Hall–Kier alpha value is -2.26. The van der Waals surface area contributed by atoms with E-state index in [2.05, 4.69) is 14.7 Å². The lowest BCUT2D eigenvalue weighted by Gasteiger charge is -2.05. The summed E-state index contributed by atoms with van der Waals surface area (Å²) in [6, 6.07) is 3.00. The molecule has 0 spiro atoms. The van der Waals surface area contributed by atoms with Crippen molar-refractivity contribution in [2.75, 3.05) is 4.72 Å². The zero-order valence-electron chi connectivity index (χ0n) is 10.8. The van der Waals surface area contributed by atoms with Gasteiger partial charge >= 0.3 is 5.97 Å². The van der Waals surface area contributed by atoms with Gasteiger partial charge in [-0.2, -0.15) is 0 Å². The molecule has 7 nitrogen and oxygen atoms in total. The summed E-state index contributed by atoms with van der Waals surface area (Å²) < 4.78 is 26.6. The van der Waals surface area contributed by atoms with Gasteiger partial charge in [0.25, 0.3) is 10.0 Å². The van der Waals surface area contributed by atoms with Crippen LogP contribution in [0.2, 0.25) is 0 Å². The molecular formula is C12H11N3O4S2. The number of nitrogens with one attached hydrogen (secondary N) is 1. The standard InChI is InChI=1S/C12H11N3O4S2/c1-8-14-7-12(20-8)21(18,19)15-10-6-9(4-5-13-10)2-3-11(16)17/h2-7H,1H3,(H,13,15)(H,16,17)/b3-2+. The number of hydrogen-bond acceptors (Lipinski definition) is 6. The Labute approximate surface area is 125 Å². The minimum absolute atomic E-state index is 0.0910. The Kier molecular flexibility index (Phi) is 4.34. The van der Waals surface area contributed by atoms with Gasteiger partial charge in [0, 0.05) is 12.3 Å². The third kappa shape index (κ3) is 4.10. The first kappa shape index (κ1) is 15.1. The van der Waals surface area contributed by atoms with E-state index in [9.17, 15) is 13.2 Å². The Balaban J connectivity index is 2.23. The van der Waals surface area contributed by atoms with E-state index in [1.807, 2.05) is 0 Å². The number of carboxylic acid groups (broad SMARTS) is 1. The van der Waals surface area contributed by atoms with E-state index in [0.29, 0.717) is 10.6 Å². The molecule has 0 unspecified atom stereocenters. The number of anilines is 1. The van der Waals surface area contributed by atoms with E-state index in [0.717, 1.165) is 17.4 Å². The number of carbonyl (C=O) groups is 1. The first-order chi connectivity index (χ1) is 9.87. The first-order valence-corrected chi connectivity index (χ1v) is 7.99. The molecule has 2 heterocycles. The molecule has 0 aliphatic rings. The Morgan fingerprint density at radius 3 is 2.81 bits per heavy atom. The van der Waals surface area contributed by atoms with Crippen LogP contribution >= 0.6 is 11.3 Å². The molecule has 2 rings (SSSR count). The van der Waals surface area contributed by atoms with Crippen LogP contribution in [0.1, 0.15) is 10.6 Å². The van der Waals surface area contributed by atoms with Gasteiger partial charge in [0.05, 0.1) is 11.2 Å². The smallest absolute Gasteiger partial charge is 0.328 e. The van der Waals surface area contributed by atoms with Crippen molar-refractivity contribution in [3.05, 3.63) is 41.2 Å². The summed E-state index contributed by atoms with van der Waals surface area (Å²) in [6.45, 7) is 1.71. The number of sulfonamides is 1. The lowest BCUT2D eigenvalue weighted by Crippen LogP contribution is -2.12. The number of rotatable bonds is 5. The zero-order chi connectivity index (χ0) is 15.5. The van der Waals surface area contributed by atoms with Gasteiger partial charge in [0.2, 0.25) is 0 Å². The van der Waals surface area contributed by atoms with Crippen LogP contribution in [-0.4, -0.2) is 29.5 Å². The van der Waals surface area contributed by atoms with Crippen LogP contribution in [0.5, 0.6) is 0 Å². The maximum Gasteiger partial charge on any atom is 0.328 e. The maximum atomic E-state index is 12.1. The highest BCUT2D eigenvalue weighted by molar-refractivity contribution is 7.94. The fraction of sp³-hybridized carbons (Fsp3) is 0.0833. The molecule has 21 heavy (non-hydrogen) atoms. The molecule has 0 aromatic carbocycles. The predicted molar refractivity (Wildman–Crippen MR) is 78.6 cm³/mol. The number of aromatic nitrogens is 2. The van der Waals surface area contributed by atoms with Crippen LogP contribution < -0.4 is 4.72 Å². The summed E-state index contributed by atoms with van der Waals surface area (Å²) in [5.74, 6) is -0.984. The lowest BCUT2D eigenvalue weighted by molar-refractivity contribution is -0.131. The predicted octanol–water partition coefficient (Wildman–Crippen LogP) is 1.75. The van der Waals surface area contributed by atoms with Gasteiger partial charge in [-0.3, -0.25) is 4.72 Å². The second-order valence-electron chi connectivity index (χ2n) is 3.95. The van der Waals surface area contributed by atoms with Crippen molar-refractivity contribution in [2.45, 2.75) is 11.1 Å². The van der Waals surface area contributed by atoms with Crippen LogP contribution in [-0.2, 0) is 14.8 Å². The minimum atomic E-state index is -3.74. The molecular weight excluding hydrogens is 314 g/mol. The van der Waals surface area contributed by atoms with Gasteiger partial charge in [-0.25, -0.2) is 23.2 Å². The molecule has 9 heteroatoms. The molecule has 0 aliphatic carbocycles. The van der Waals surface area contributed by atoms with Gasteiger partial charge in [-0.1, -0.05) is 0 Å². The molecule has 0 radical (unpaired) electrons. The van der Waals surface area contributed by atoms with Crippen LogP contribution in [0, 0.1) is 6.92 Å². The van der Waals surface area contributed by atoms with Crippen LogP contribution in [0.25, 0.3) is 6.08 Å². The first-order valence-electron chi connectivity index (χ1n) is 5.69. The van der Waals surface area contributed by atoms with Crippen LogP contribution in [0.4, 0.5) is 5.82 Å². The molecule has 0 aliphatic heterocycles. The highest BCUT2D eigenvalue weighted by Gasteiger charge is 2.17. The van der Waals surface area contributed by atoms with E-state index < -0.39 is 16.0 Å². The van der Waals surface area contributed by atoms with E-state index in [-0.39, 0.29) is 10.0 Å². The van der Waals surface area contributed by atoms with Gasteiger partial charge in [0.15, 0.2) is 4.21 Å². The Morgan fingerprint density at radius 2 is 2.19 bits per heavy atom. The monoisotopic (exact) mass is 325 g/mol. The molecule has 2 aromatic rings. The second-order valence-corrected chi connectivity index (χ2v) is 7.09. The molecule has 110 valence electrons. The number of carboxylic acids is 1. The number of nitrogens with zero attached hydrogens (tertiary/aromatic N) is 2. The molecule has 2 aromatic heterocycles. The summed E-state index contributed by atoms with van der Waals surface area (Å²) in [7, 11) is -3.74. The number of hydrogen-bond donors (Lipinski definition) is 2. The third-order valence-corrected chi connectivity index (χ3v) is 5.03. The number of thiazole rings is 1. The molecule has 0 saturated carbocycles. The summed E-state index contributed by atoms with van der Waals surface area (Å²) in [6.07, 6.45) is 4.96. The largest absolute Gasteiger partial charge is 0.478 e. The summed E-state index contributed by atoms with van der Waals surface area (Å²) in [4.78, 5) is 18.2. The average molecular weight is 325 g/mol. The van der Waals surface area contributed by atoms with Gasteiger partial charge < -0.3 is 5.11 Å². The van der Waals surface area contributed by atoms with Crippen LogP contribution in [0.15, 0.2) is 34.8 Å². The van der Waals surface area contributed by atoms with Crippen molar-refractivity contribution in [1.29, 1.82) is 0 Å². The highest BCUT2D eigenvalue weighted by Crippen LogP contribution is 2.21. The lowest BCUT2D eigenvalue weighted by atomic mass is 10.2. The Bertz CT molecular complexity index is 796. The van der Waals surface area contributed by atoms with E-state index in [1.54, 1.807) is 13.0 Å². The van der Waals surface area contributed by atoms with Gasteiger partial charge in [-0.15, -0.1) is 11.3 Å². The molecule has 0 fully saturated rings. The SMILES string of the molecule is Cc1ncc(S(=O)(=O)Nc2cc(/C=C/C(=O)O)ccn2)s1. The quantitative estimate of drug-likeness (QED) is 0.811. The Morgan fingerprint density at radius 1 is 1.43 bits per heavy atom. The molecule has 0 atom stereocenters. The third-order valence-electron chi connectivity index (χ3n) is 2.31. The van der Waals surface area contributed by atoms with Crippen molar-refractivity contribution in [1.82, 2.24) is 9.97 Å². The minimum Gasteiger partial charge on any atom is -0.478 e. The fourth-order valence-electron chi connectivity index (χ4n) is 1.43. The van der Waals surface area contributed by atoms with Crippen molar-refractivity contribution in [3.63, 3.8) is 0 Å². The summed E-state index contributed by atoms with van der Waals surface area (Å²) in [5.41, 5.74) is 0.519. The number of aliphatic carboxylic acids is 1. The number of aryl methyl sites for hydroxylation is 1. The average Bonchev–Trinajstić information content (AvgIpc) is 2.84. The highest BCUT2D eigenvalue weighted by atomic mass is 32.2. The van der Waals surface area contributed by atoms with Gasteiger partial charge in [0.1, 0.15) is 5.82 Å². The number of pyridine rings is 1. The van der Waals surface area contributed by atoms with Crippen molar-refractivity contribution in [3.8, 4) is 0 Å². The fourth-order valence-corrected chi connectivity index (χ4v) is 3.53. The summed E-state index contributed by atoms with van der Waals surface area (Å²) in [5, 5.41) is 9.20. The second kappa shape index (κ2) is 6.02. The topological polar surface area (TPSA) is 109 Å². The molecule has 0 bridgehead atoms. The van der Waals surface area contributed by atoms with E-state index in [1.165, 1.54) is 24.5 Å².